The summed E-state index contributed by atoms with van der Waals surface area (Å²) in [5.41, 5.74) is 0.866. The van der Waals surface area contributed by atoms with E-state index >= 15 is 0 Å². The summed E-state index contributed by atoms with van der Waals surface area (Å²) < 4.78 is 0. The second-order valence-corrected chi connectivity index (χ2v) is 7.18. The Hall–Kier alpha value is -1.65. The van der Waals surface area contributed by atoms with Crippen LogP contribution in [0.4, 0.5) is 5.69 Å². The van der Waals surface area contributed by atoms with Crippen molar-refractivity contribution in [1.82, 2.24) is 4.90 Å². The number of nitrogens with zero attached hydrogens (tertiary/aromatic N) is 1. The summed E-state index contributed by atoms with van der Waals surface area (Å²) in [7, 11) is 0. The number of anilines is 1. The van der Waals surface area contributed by atoms with Crippen LogP contribution in [-0.2, 0) is 0 Å². The summed E-state index contributed by atoms with van der Waals surface area (Å²) >= 11 is 5.88. The number of nitrogens with one attached hydrogen (secondary N) is 1. The molecule has 1 fully saturated rings. The third-order valence-electron chi connectivity index (χ3n) is 4.74. The van der Waals surface area contributed by atoms with Crippen LogP contribution in [0.25, 0.3) is 11.1 Å². The molecule has 24 heavy (non-hydrogen) atoms. The molecule has 1 atom stereocenters. The van der Waals surface area contributed by atoms with Gasteiger partial charge in [-0.15, -0.1) is 0 Å². The normalized spacial score (nSPS) is 18.8. The monoisotopic (exact) mass is 346 g/mol. The molecule has 0 amide bonds. The molecule has 3 rings (SSSR count). The van der Waals surface area contributed by atoms with Gasteiger partial charge in [-0.1, -0.05) is 30.7 Å². The lowest BCUT2D eigenvalue weighted by Crippen LogP contribution is -2.38. The van der Waals surface area contributed by atoms with E-state index in [-0.39, 0.29) is 0 Å². The first-order chi connectivity index (χ1) is 11.6. The van der Waals surface area contributed by atoms with Gasteiger partial charge in [0.15, 0.2) is 0 Å². The molecule has 1 heterocycles. The summed E-state index contributed by atoms with van der Waals surface area (Å²) in [5.74, 6) is 0.775. The van der Waals surface area contributed by atoms with Crippen molar-refractivity contribution < 1.29 is 0 Å². The van der Waals surface area contributed by atoms with Crippen LogP contribution < -0.4 is 16.2 Å². The average Bonchev–Trinajstić information content (AvgIpc) is 2.58. The summed E-state index contributed by atoms with van der Waals surface area (Å²) in [4.78, 5) is 26.2. The molecule has 0 radical (unpaired) electrons. The zero-order valence-corrected chi connectivity index (χ0v) is 14.7. The van der Waals surface area contributed by atoms with Crippen molar-refractivity contribution in [2.45, 2.75) is 26.2 Å². The van der Waals surface area contributed by atoms with Gasteiger partial charge >= 0.3 is 0 Å². The van der Waals surface area contributed by atoms with Crippen molar-refractivity contribution in [3.63, 3.8) is 0 Å². The summed E-state index contributed by atoms with van der Waals surface area (Å²) in [6, 6.07) is 7.02. The van der Waals surface area contributed by atoms with E-state index in [0.29, 0.717) is 22.8 Å². The average molecular weight is 347 g/mol. The van der Waals surface area contributed by atoms with Crippen LogP contribution >= 0.6 is 11.6 Å². The lowest BCUT2D eigenvalue weighted by Gasteiger charge is -2.30. The van der Waals surface area contributed by atoms with E-state index in [2.05, 4.69) is 17.1 Å². The Balaban J connectivity index is 1.56. The fraction of sp³-hybridized carbons (Fsp3) is 0.474. The quantitative estimate of drug-likeness (QED) is 0.645. The molecule has 2 aromatic rings. The van der Waals surface area contributed by atoms with Crippen molar-refractivity contribution in [3.8, 4) is 11.1 Å². The van der Waals surface area contributed by atoms with E-state index in [9.17, 15) is 9.59 Å². The first-order valence-electron chi connectivity index (χ1n) is 8.61. The topological polar surface area (TPSA) is 49.4 Å². The molecule has 5 heteroatoms. The fourth-order valence-electron chi connectivity index (χ4n) is 3.46. The van der Waals surface area contributed by atoms with Gasteiger partial charge in [0.25, 0.3) is 0 Å². The molecule has 0 saturated carbocycles. The van der Waals surface area contributed by atoms with Gasteiger partial charge in [0.2, 0.25) is 10.9 Å². The SMILES string of the molecule is CC1CCCN(CCCNc2c(-c3ccc(Cl)cc3)c(=O)c2=O)C1. The summed E-state index contributed by atoms with van der Waals surface area (Å²) in [5, 5.41) is 3.78. The van der Waals surface area contributed by atoms with Crippen LogP contribution in [0.5, 0.6) is 0 Å². The van der Waals surface area contributed by atoms with E-state index in [1.165, 1.54) is 19.4 Å². The molecule has 0 spiro atoms. The maximum absolute atomic E-state index is 11.9. The van der Waals surface area contributed by atoms with Crippen LogP contribution in [0.1, 0.15) is 26.2 Å². The highest BCUT2D eigenvalue weighted by molar-refractivity contribution is 6.30. The van der Waals surface area contributed by atoms with Crippen molar-refractivity contribution >= 4 is 17.3 Å². The number of likely N-dealkylation sites (tertiary alicyclic amines) is 1. The van der Waals surface area contributed by atoms with Gasteiger partial charge in [0.1, 0.15) is 0 Å². The Labute approximate surface area is 147 Å². The molecule has 128 valence electrons. The summed E-state index contributed by atoms with van der Waals surface area (Å²) in [6.45, 7) is 6.36. The lowest BCUT2D eigenvalue weighted by atomic mass is 9.98. The Morgan fingerprint density at radius 3 is 2.67 bits per heavy atom. The Morgan fingerprint density at radius 2 is 1.96 bits per heavy atom. The Morgan fingerprint density at radius 1 is 1.21 bits per heavy atom. The zero-order chi connectivity index (χ0) is 17.1. The van der Waals surface area contributed by atoms with E-state index in [1.807, 2.05) is 0 Å². The second kappa shape index (κ2) is 7.49. The van der Waals surface area contributed by atoms with Crippen molar-refractivity contribution in [2.75, 3.05) is 31.5 Å². The van der Waals surface area contributed by atoms with Gasteiger partial charge in [-0.05, 0) is 56.0 Å². The molecule has 1 aliphatic heterocycles. The van der Waals surface area contributed by atoms with Crippen LogP contribution in [0.2, 0.25) is 5.02 Å². The molecule has 4 nitrogen and oxygen atoms in total. The highest BCUT2D eigenvalue weighted by Gasteiger charge is 2.22. The maximum atomic E-state index is 11.9. The molecule has 1 unspecified atom stereocenters. The Bertz CT molecular complexity index is 763. The minimum absolute atomic E-state index is 0.411. The van der Waals surface area contributed by atoms with Crippen molar-refractivity contribution in [3.05, 3.63) is 49.7 Å². The number of benzene rings is 1. The molecule has 1 N–H and O–H groups in total. The van der Waals surface area contributed by atoms with E-state index < -0.39 is 10.9 Å². The van der Waals surface area contributed by atoms with Gasteiger partial charge < -0.3 is 10.2 Å². The van der Waals surface area contributed by atoms with Crippen LogP contribution in [0.15, 0.2) is 33.9 Å². The standard InChI is InChI=1S/C19H23ClN2O2/c1-13-4-2-10-22(12-13)11-3-9-21-17-16(18(23)19(17)24)14-5-7-15(20)8-6-14/h5-8,13,21H,2-4,9-12H2,1H3. The third kappa shape index (κ3) is 3.70. The van der Waals surface area contributed by atoms with E-state index in [0.717, 1.165) is 31.0 Å². The summed E-state index contributed by atoms with van der Waals surface area (Å²) in [6.07, 6.45) is 3.56. The highest BCUT2D eigenvalue weighted by atomic mass is 35.5. The predicted molar refractivity (Wildman–Crippen MR) is 99.7 cm³/mol. The number of piperidine rings is 1. The maximum Gasteiger partial charge on any atom is 0.250 e. The first-order valence-corrected chi connectivity index (χ1v) is 8.99. The molecule has 0 aromatic heterocycles. The van der Waals surface area contributed by atoms with Crippen LogP contribution in [0.3, 0.4) is 0 Å². The molecule has 1 saturated heterocycles. The number of halogens is 1. The van der Waals surface area contributed by atoms with Crippen molar-refractivity contribution in [1.29, 1.82) is 0 Å². The number of rotatable bonds is 6. The molecule has 1 aliphatic rings. The molecule has 0 aliphatic carbocycles. The Kier molecular flexibility index (Phi) is 5.36. The van der Waals surface area contributed by atoms with Crippen molar-refractivity contribution in [2.24, 2.45) is 5.92 Å². The molecular weight excluding hydrogens is 324 g/mol. The van der Waals surface area contributed by atoms with Gasteiger partial charge in [-0.3, -0.25) is 9.59 Å². The molecular formula is C19H23ClN2O2. The smallest absolute Gasteiger partial charge is 0.250 e. The largest absolute Gasteiger partial charge is 0.381 e. The van der Waals surface area contributed by atoms with Gasteiger partial charge in [0.05, 0.1) is 11.3 Å². The predicted octanol–water partition coefficient (Wildman–Crippen LogP) is 3.14. The lowest BCUT2D eigenvalue weighted by molar-refractivity contribution is 0.183. The highest BCUT2D eigenvalue weighted by Crippen LogP contribution is 2.25. The van der Waals surface area contributed by atoms with E-state index in [4.69, 9.17) is 11.6 Å². The van der Waals surface area contributed by atoms with Gasteiger partial charge in [-0.2, -0.15) is 0 Å². The first kappa shape index (κ1) is 17.2. The minimum atomic E-state index is -0.412. The number of hydrogen-bond acceptors (Lipinski definition) is 4. The van der Waals surface area contributed by atoms with Crippen LogP contribution in [-0.4, -0.2) is 31.1 Å². The minimum Gasteiger partial charge on any atom is -0.381 e. The van der Waals surface area contributed by atoms with Gasteiger partial charge in [0, 0.05) is 18.1 Å². The molecule has 0 bridgehead atoms. The van der Waals surface area contributed by atoms with Crippen LogP contribution in [0, 0.1) is 5.92 Å². The van der Waals surface area contributed by atoms with E-state index in [1.54, 1.807) is 24.3 Å². The fourth-order valence-corrected chi connectivity index (χ4v) is 3.58. The molecule has 2 aromatic carbocycles. The second-order valence-electron chi connectivity index (χ2n) is 6.74. The zero-order valence-electron chi connectivity index (χ0n) is 14.0. The third-order valence-corrected chi connectivity index (χ3v) is 4.99. The number of hydrogen-bond donors (Lipinski definition) is 1. The van der Waals surface area contributed by atoms with Gasteiger partial charge in [-0.25, -0.2) is 0 Å².